The highest BCUT2D eigenvalue weighted by Gasteiger charge is 2.11. The van der Waals surface area contributed by atoms with Crippen molar-refractivity contribution in [2.75, 3.05) is 28.2 Å². The Morgan fingerprint density at radius 3 is 1.41 bits per heavy atom. The van der Waals surface area contributed by atoms with E-state index in [1.807, 2.05) is 38.0 Å². The monoisotopic (exact) mass is 302 g/mol. The predicted octanol–water partition coefficient (Wildman–Crippen LogP) is 1.68. The molecule has 0 saturated heterocycles. The summed E-state index contributed by atoms with van der Waals surface area (Å²) in [5, 5.41) is 19.8. The van der Waals surface area contributed by atoms with Gasteiger partial charge in [0.15, 0.2) is 0 Å². The number of pyridine rings is 2. The lowest BCUT2D eigenvalue weighted by molar-refractivity contribution is 0.378. The second kappa shape index (κ2) is 6.72. The molecule has 0 aliphatic carbocycles. The Morgan fingerprint density at radius 1 is 0.727 bits per heavy atom. The van der Waals surface area contributed by atoms with E-state index in [1.54, 1.807) is 24.3 Å². The van der Waals surface area contributed by atoms with Gasteiger partial charge in [-0.15, -0.1) is 0 Å². The molecule has 0 amide bonds. The fourth-order valence-electron chi connectivity index (χ4n) is 2.11. The fraction of sp³-hybridized carbons (Fsp3) is 0.375. The average Bonchev–Trinajstić information content (AvgIpc) is 2.43. The minimum atomic E-state index is 0.171. The van der Waals surface area contributed by atoms with Crippen LogP contribution in [0.4, 0.5) is 0 Å². The molecule has 0 aliphatic heterocycles. The van der Waals surface area contributed by atoms with Gasteiger partial charge in [-0.1, -0.05) is 0 Å². The van der Waals surface area contributed by atoms with Gasteiger partial charge < -0.3 is 20.0 Å². The van der Waals surface area contributed by atoms with Gasteiger partial charge in [-0.05, 0) is 52.5 Å². The van der Waals surface area contributed by atoms with Crippen molar-refractivity contribution in [3.05, 3.63) is 35.7 Å². The summed E-state index contributed by atoms with van der Waals surface area (Å²) in [6, 6.07) is 6.71. The zero-order chi connectivity index (χ0) is 16.3. The molecule has 0 aliphatic rings. The van der Waals surface area contributed by atoms with E-state index in [0.717, 1.165) is 0 Å². The first-order valence-corrected chi connectivity index (χ1v) is 7.04. The van der Waals surface area contributed by atoms with Crippen molar-refractivity contribution in [1.29, 1.82) is 0 Å². The Morgan fingerprint density at radius 2 is 1.09 bits per heavy atom. The van der Waals surface area contributed by atoms with E-state index in [-0.39, 0.29) is 11.5 Å². The number of hydrogen-bond acceptors (Lipinski definition) is 6. The van der Waals surface area contributed by atoms with Crippen molar-refractivity contribution in [2.45, 2.75) is 13.1 Å². The van der Waals surface area contributed by atoms with Crippen LogP contribution in [0.25, 0.3) is 11.4 Å². The molecule has 0 bridgehead atoms. The van der Waals surface area contributed by atoms with Gasteiger partial charge in [0.1, 0.15) is 11.5 Å². The highest BCUT2D eigenvalue weighted by atomic mass is 16.3. The smallest absolute Gasteiger partial charge is 0.138 e. The number of aromatic hydroxyl groups is 2. The van der Waals surface area contributed by atoms with Crippen LogP contribution in [0.5, 0.6) is 11.5 Å². The molecular weight excluding hydrogens is 280 g/mol. The quantitative estimate of drug-likeness (QED) is 0.875. The maximum Gasteiger partial charge on any atom is 0.138 e. The summed E-state index contributed by atoms with van der Waals surface area (Å²) < 4.78 is 0. The maximum absolute atomic E-state index is 9.89. The van der Waals surface area contributed by atoms with Gasteiger partial charge in [-0.3, -0.25) is 0 Å². The Hall–Kier alpha value is -2.18. The van der Waals surface area contributed by atoms with Crippen molar-refractivity contribution in [1.82, 2.24) is 19.8 Å². The summed E-state index contributed by atoms with van der Waals surface area (Å²) in [6.45, 7) is 1.09. The molecule has 0 saturated carbocycles. The predicted molar refractivity (Wildman–Crippen MR) is 85.6 cm³/mol. The number of hydrogen-bond donors (Lipinski definition) is 2. The highest BCUT2D eigenvalue weighted by Crippen LogP contribution is 2.25. The third kappa shape index (κ3) is 3.93. The Labute approximate surface area is 130 Å². The number of rotatable bonds is 5. The van der Waals surface area contributed by atoms with Crippen LogP contribution >= 0.6 is 0 Å². The first-order valence-electron chi connectivity index (χ1n) is 7.04. The molecule has 2 N–H and O–H groups in total. The summed E-state index contributed by atoms with van der Waals surface area (Å²) in [4.78, 5) is 12.8. The van der Waals surface area contributed by atoms with Crippen LogP contribution in [-0.2, 0) is 13.1 Å². The normalized spacial score (nSPS) is 11.4. The zero-order valence-corrected chi connectivity index (χ0v) is 13.4. The topological polar surface area (TPSA) is 72.7 Å². The van der Waals surface area contributed by atoms with Gasteiger partial charge >= 0.3 is 0 Å². The fourth-order valence-corrected chi connectivity index (χ4v) is 2.11. The van der Waals surface area contributed by atoms with Crippen LogP contribution in [0, 0.1) is 0 Å². The van der Waals surface area contributed by atoms with E-state index >= 15 is 0 Å². The van der Waals surface area contributed by atoms with E-state index in [0.29, 0.717) is 35.9 Å². The first-order chi connectivity index (χ1) is 10.4. The zero-order valence-electron chi connectivity index (χ0n) is 13.4. The molecule has 118 valence electrons. The SMILES string of the molecule is CN(C)Cc1nc(-c2ccc(O)c(CN(C)C)n2)ccc1O. The molecule has 0 radical (unpaired) electrons. The van der Waals surface area contributed by atoms with Crippen LogP contribution in [0.3, 0.4) is 0 Å². The van der Waals surface area contributed by atoms with Crippen molar-refractivity contribution in [3.8, 4) is 22.9 Å². The summed E-state index contributed by atoms with van der Waals surface area (Å²) in [5.74, 6) is 0.342. The molecule has 0 spiro atoms. The van der Waals surface area contributed by atoms with E-state index in [1.165, 1.54) is 0 Å². The van der Waals surface area contributed by atoms with Crippen molar-refractivity contribution >= 4 is 0 Å². The summed E-state index contributed by atoms with van der Waals surface area (Å²) >= 11 is 0. The lowest BCUT2D eigenvalue weighted by Crippen LogP contribution is -2.13. The minimum Gasteiger partial charge on any atom is -0.506 e. The first kappa shape index (κ1) is 16.2. The molecule has 0 aromatic carbocycles. The lowest BCUT2D eigenvalue weighted by Gasteiger charge is -2.13. The second-order valence-corrected chi connectivity index (χ2v) is 5.80. The van der Waals surface area contributed by atoms with Gasteiger partial charge in [0.2, 0.25) is 0 Å². The third-order valence-electron chi connectivity index (χ3n) is 3.09. The molecule has 0 unspecified atom stereocenters. The van der Waals surface area contributed by atoms with Crippen molar-refractivity contribution in [3.63, 3.8) is 0 Å². The summed E-state index contributed by atoms with van der Waals surface area (Å²) in [6.07, 6.45) is 0. The Balaban J connectivity index is 2.39. The van der Waals surface area contributed by atoms with E-state index in [4.69, 9.17) is 0 Å². The van der Waals surface area contributed by atoms with Crippen LogP contribution in [0.2, 0.25) is 0 Å². The summed E-state index contributed by atoms with van der Waals surface area (Å²) in [5.41, 5.74) is 2.56. The molecule has 2 rings (SSSR count). The average molecular weight is 302 g/mol. The summed E-state index contributed by atoms with van der Waals surface area (Å²) in [7, 11) is 7.67. The molecule has 6 heteroatoms. The second-order valence-electron chi connectivity index (χ2n) is 5.80. The Kier molecular flexibility index (Phi) is 4.95. The van der Waals surface area contributed by atoms with Crippen molar-refractivity contribution < 1.29 is 10.2 Å². The van der Waals surface area contributed by atoms with Gasteiger partial charge in [0.05, 0.1) is 22.8 Å². The molecule has 2 aromatic rings. The molecule has 22 heavy (non-hydrogen) atoms. The number of aromatic nitrogens is 2. The van der Waals surface area contributed by atoms with E-state index in [9.17, 15) is 10.2 Å². The van der Waals surface area contributed by atoms with Gasteiger partial charge in [-0.25, -0.2) is 9.97 Å². The maximum atomic E-state index is 9.89. The molecular formula is C16H22N4O2. The van der Waals surface area contributed by atoms with Gasteiger partial charge in [0, 0.05) is 13.1 Å². The van der Waals surface area contributed by atoms with Crippen LogP contribution in [0.1, 0.15) is 11.4 Å². The lowest BCUT2D eigenvalue weighted by atomic mass is 10.2. The third-order valence-corrected chi connectivity index (χ3v) is 3.09. The standard InChI is InChI=1S/C16H22N4O2/c1-19(2)9-13-15(21)7-5-11(17-13)12-6-8-16(22)14(18-12)10-20(3)4/h5-8,21-22H,9-10H2,1-4H3. The van der Waals surface area contributed by atoms with Gasteiger partial charge in [0.25, 0.3) is 0 Å². The molecule has 0 atom stereocenters. The number of nitrogens with zero attached hydrogens (tertiary/aromatic N) is 4. The Bertz CT molecular complexity index is 599. The van der Waals surface area contributed by atoms with E-state index in [2.05, 4.69) is 9.97 Å². The highest BCUT2D eigenvalue weighted by molar-refractivity contribution is 5.57. The van der Waals surface area contributed by atoms with E-state index < -0.39 is 0 Å². The molecule has 2 heterocycles. The largest absolute Gasteiger partial charge is 0.506 e. The van der Waals surface area contributed by atoms with Crippen LogP contribution < -0.4 is 0 Å². The van der Waals surface area contributed by atoms with Crippen LogP contribution in [0.15, 0.2) is 24.3 Å². The minimum absolute atomic E-state index is 0.171. The van der Waals surface area contributed by atoms with Crippen LogP contribution in [-0.4, -0.2) is 58.2 Å². The molecule has 0 fully saturated rings. The molecule has 2 aromatic heterocycles. The van der Waals surface area contributed by atoms with Gasteiger partial charge in [-0.2, -0.15) is 0 Å². The van der Waals surface area contributed by atoms with Crippen molar-refractivity contribution in [2.24, 2.45) is 0 Å². The molecule has 6 nitrogen and oxygen atoms in total.